The lowest BCUT2D eigenvalue weighted by Gasteiger charge is -2.19. The Morgan fingerprint density at radius 1 is 1.00 bits per heavy atom. The van der Waals surface area contributed by atoms with E-state index in [2.05, 4.69) is 10.0 Å². The van der Waals surface area contributed by atoms with Crippen LogP contribution in [-0.2, 0) is 28.3 Å². The smallest absolute Gasteiger partial charge is 0.408 e. The van der Waals surface area contributed by atoms with Crippen LogP contribution in [-0.4, -0.2) is 24.9 Å². The van der Waals surface area contributed by atoms with Crippen LogP contribution < -0.4 is 15.8 Å². The molecule has 1 amide bonds. The molecule has 2 N–H and O–H groups in total. The number of nitrogens with one attached hydrogen (secondary N) is 2. The molecule has 0 saturated carbocycles. The van der Waals surface area contributed by atoms with Gasteiger partial charge in [0, 0.05) is 18.8 Å². The van der Waals surface area contributed by atoms with E-state index in [-0.39, 0.29) is 16.9 Å². The maximum atomic E-state index is 13.2. The van der Waals surface area contributed by atoms with Crippen LogP contribution in [0.1, 0.15) is 16.7 Å². The number of aromatic nitrogens is 1. The number of rotatable bonds is 7. The molecule has 1 atom stereocenters. The molecule has 0 aliphatic heterocycles. The van der Waals surface area contributed by atoms with Crippen molar-refractivity contribution in [2.45, 2.75) is 31.2 Å². The molecule has 4 rings (SSSR count). The fraction of sp³-hybridized carbons (Fsp3) is 0.200. The Labute approximate surface area is 197 Å². The molecule has 0 fully saturated rings. The molecule has 4 aromatic rings. The van der Waals surface area contributed by atoms with Crippen molar-refractivity contribution in [1.82, 2.24) is 9.29 Å². The van der Waals surface area contributed by atoms with Crippen LogP contribution in [0.25, 0.3) is 11.1 Å². The van der Waals surface area contributed by atoms with Crippen LogP contribution >= 0.6 is 0 Å². The summed E-state index contributed by atoms with van der Waals surface area (Å²) in [7, 11) is -2.57. The molecule has 9 heteroatoms. The predicted octanol–water partition coefficient (Wildman–Crippen LogP) is 3.28. The Morgan fingerprint density at radius 3 is 2.44 bits per heavy atom. The van der Waals surface area contributed by atoms with Crippen molar-refractivity contribution in [1.29, 1.82) is 0 Å². The monoisotopic (exact) mass is 479 g/mol. The van der Waals surface area contributed by atoms with Crippen molar-refractivity contribution in [3.05, 3.63) is 94.0 Å². The molecule has 0 spiro atoms. The number of hydrogen-bond acceptors (Lipinski definition) is 5. The summed E-state index contributed by atoms with van der Waals surface area (Å²) in [6.45, 7) is 3.91. The van der Waals surface area contributed by atoms with Crippen LogP contribution in [0.15, 0.2) is 80.8 Å². The number of aryl methyl sites for hydroxylation is 3. The molecule has 0 radical (unpaired) electrons. The van der Waals surface area contributed by atoms with E-state index in [0.29, 0.717) is 11.2 Å². The van der Waals surface area contributed by atoms with Gasteiger partial charge in [-0.15, -0.1) is 0 Å². The van der Waals surface area contributed by atoms with Gasteiger partial charge in [0.1, 0.15) is 6.04 Å². The Hall–Kier alpha value is -3.69. The zero-order chi connectivity index (χ0) is 24.5. The number of oxazole rings is 1. The summed E-state index contributed by atoms with van der Waals surface area (Å²) in [5, 5.41) is 2.82. The van der Waals surface area contributed by atoms with E-state index in [4.69, 9.17) is 4.42 Å². The first-order valence-corrected chi connectivity index (χ1v) is 12.2. The largest absolute Gasteiger partial charge is 0.419 e. The highest BCUT2D eigenvalue weighted by atomic mass is 32.2. The average molecular weight is 480 g/mol. The number of nitrogens with zero attached hydrogens (tertiary/aromatic N) is 1. The molecule has 34 heavy (non-hydrogen) atoms. The lowest BCUT2D eigenvalue weighted by molar-refractivity contribution is -0.117. The zero-order valence-corrected chi connectivity index (χ0v) is 19.8. The molecular formula is C25H25N3O5S. The van der Waals surface area contributed by atoms with Crippen molar-refractivity contribution in [3.8, 4) is 0 Å². The van der Waals surface area contributed by atoms with Crippen LogP contribution in [0.4, 0.5) is 5.69 Å². The van der Waals surface area contributed by atoms with Gasteiger partial charge in [0.05, 0.1) is 10.4 Å². The van der Waals surface area contributed by atoms with E-state index in [1.807, 2.05) is 56.3 Å². The van der Waals surface area contributed by atoms with Gasteiger partial charge >= 0.3 is 5.76 Å². The first kappa shape index (κ1) is 23.5. The van der Waals surface area contributed by atoms with Crippen LogP contribution in [0.2, 0.25) is 0 Å². The summed E-state index contributed by atoms with van der Waals surface area (Å²) in [4.78, 5) is 24.8. The molecule has 0 bridgehead atoms. The minimum absolute atomic E-state index is 0.105. The number of hydrogen-bond donors (Lipinski definition) is 2. The van der Waals surface area contributed by atoms with Crippen molar-refractivity contribution in [3.63, 3.8) is 0 Å². The van der Waals surface area contributed by atoms with E-state index in [0.717, 1.165) is 16.7 Å². The van der Waals surface area contributed by atoms with E-state index in [1.165, 1.54) is 29.8 Å². The lowest BCUT2D eigenvalue weighted by Crippen LogP contribution is -2.45. The highest BCUT2D eigenvalue weighted by Gasteiger charge is 2.27. The molecule has 0 aliphatic carbocycles. The fourth-order valence-corrected chi connectivity index (χ4v) is 4.83. The van der Waals surface area contributed by atoms with E-state index in [9.17, 15) is 18.0 Å². The number of carbonyl (C=O) groups is 1. The molecule has 8 nitrogen and oxygen atoms in total. The molecule has 176 valence electrons. The number of sulfonamides is 1. The summed E-state index contributed by atoms with van der Waals surface area (Å²) in [6, 6.07) is 17.7. The van der Waals surface area contributed by atoms with Gasteiger partial charge in [-0.05, 0) is 61.2 Å². The molecule has 0 saturated heterocycles. The van der Waals surface area contributed by atoms with Gasteiger partial charge in [-0.25, -0.2) is 13.2 Å². The number of amides is 1. The van der Waals surface area contributed by atoms with Crippen LogP contribution in [0.3, 0.4) is 0 Å². The minimum Gasteiger partial charge on any atom is -0.408 e. The zero-order valence-electron chi connectivity index (χ0n) is 19.0. The third-order valence-corrected chi connectivity index (χ3v) is 7.21. The number of carbonyl (C=O) groups excluding carboxylic acids is 1. The van der Waals surface area contributed by atoms with Gasteiger partial charge in [-0.1, -0.05) is 36.4 Å². The first-order chi connectivity index (χ1) is 16.1. The summed E-state index contributed by atoms with van der Waals surface area (Å²) < 4.78 is 35.3. The summed E-state index contributed by atoms with van der Waals surface area (Å²) in [5.41, 5.74) is 4.10. The predicted molar refractivity (Wildman–Crippen MR) is 130 cm³/mol. The Balaban J connectivity index is 1.64. The molecular weight excluding hydrogens is 454 g/mol. The molecule has 1 heterocycles. The van der Waals surface area contributed by atoms with E-state index < -0.39 is 27.7 Å². The lowest BCUT2D eigenvalue weighted by atomic mass is 10.1. The van der Waals surface area contributed by atoms with E-state index >= 15 is 0 Å². The third kappa shape index (κ3) is 4.95. The number of benzene rings is 3. The SMILES string of the molecule is Cc1ccc(NC(=O)[C@H](Cc2ccccc2)NS(=O)(=O)c2ccc3c(c2)oc(=O)n3C)cc1C. The molecule has 0 unspecified atom stereocenters. The van der Waals surface area contributed by atoms with Crippen molar-refractivity contribution in [2.24, 2.45) is 7.05 Å². The maximum absolute atomic E-state index is 13.2. The Bertz CT molecular complexity index is 1520. The van der Waals surface area contributed by atoms with Gasteiger partial charge in [0.2, 0.25) is 15.9 Å². The summed E-state index contributed by atoms with van der Waals surface area (Å²) in [6.07, 6.45) is 0.152. The fourth-order valence-electron chi connectivity index (χ4n) is 3.62. The number of fused-ring (bicyclic) bond motifs is 1. The summed E-state index contributed by atoms with van der Waals surface area (Å²) in [5.74, 6) is -1.07. The highest BCUT2D eigenvalue weighted by molar-refractivity contribution is 7.89. The average Bonchev–Trinajstić information content (AvgIpc) is 3.09. The summed E-state index contributed by atoms with van der Waals surface area (Å²) >= 11 is 0. The normalized spacial score (nSPS) is 12.6. The van der Waals surface area contributed by atoms with Gasteiger partial charge in [0.15, 0.2) is 5.58 Å². The minimum atomic E-state index is -4.11. The van der Waals surface area contributed by atoms with Crippen molar-refractivity contribution in [2.75, 3.05) is 5.32 Å². The van der Waals surface area contributed by atoms with Crippen molar-refractivity contribution >= 4 is 32.7 Å². The Kier molecular flexibility index (Phi) is 6.41. The Morgan fingerprint density at radius 2 is 1.74 bits per heavy atom. The standard InChI is InChI=1S/C25H25N3O5S/c1-16-9-10-19(13-17(16)2)26-24(29)21(14-18-7-5-4-6-8-18)27-34(31,32)20-11-12-22-23(15-20)33-25(30)28(22)3/h4-13,15,21,27H,14H2,1-3H3,(H,26,29)/t21-/m0/s1. The van der Waals surface area contributed by atoms with Crippen molar-refractivity contribution < 1.29 is 17.6 Å². The molecule has 3 aromatic carbocycles. The van der Waals surface area contributed by atoms with Crippen LogP contribution in [0.5, 0.6) is 0 Å². The van der Waals surface area contributed by atoms with Gasteiger partial charge in [-0.3, -0.25) is 9.36 Å². The number of anilines is 1. The van der Waals surface area contributed by atoms with Gasteiger partial charge in [0.25, 0.3) is 0 Å². The van der Waals surface area contributed by atoms with E-state index in [1.54, 1.807) is 6.07 Å². The molecule has 1 aromatic heterocycles. The van der Waals surface area contributed by atoms with Crippen LogP contribution in [0, 0.1) is 13.8 Å². The first-order valence-electron chi connectivity index (χ1n) is 10.7. The second kappa shape index (κ2) is 9.28. The second-order valence-electron chi connectivity index (χ2n) is 8.21. The molecule has 0 aliphatic rings. The quantitative estimate of drug-likeness (QED) is 0.423. The van der Waals surface area contributed by atoms with Gasteiger partial charge in [-0.2, -0.15) is 4.72 Å². The highest BCUT2D eigenvalue weighted by Crippen LogP contribution is 2.20. The maximum Gasteiger partial charge on any atom is 0.419 e. The van der Waals surface area contributed by atoms with Gasteiger partial charge < -0.3 is 9.73 Å². The second-order valence-corrected chi connectivity index (χ2v) is 9.92. The third-order valence-electron chi connectivity index (χ3n) is 5.75. The topological polar surface area (TPSA) is 110 Å².